The van der Waals surface area contributed by atoms with E-state index in [1.807, 2.05) is 60.7 Å². The Hall–Kier alpha value is -2.62. The summed E-state index contributed by atoms with van der Waals surface area (Å²) < 4.78 is 0. The van der Waals surface area contributed by atoms with E-state index in [2.05, 4.69) is 5.32 Å². The quantitative estimate of drug-likeness (QED) is 0.881. The minimum atomic E-state index is -0.951. The minimum Gasteiger partial charge on any atom is -0.306 e. The van der Waals surface area contributed by atoms with Gasteiger partial charge in [0.15, 0.2) is 0 Å². The molecule has 2 aromatic carbocycles. The van der Waals surface area contributed by atoms with Crippen molar-refractivity contribution in [2.45, 2.75) is 18.9 Å². The van der Waals surface area contributed by atoms with Gasteiger partial charge >= 0.3 is 6.03 Å². The summed E-state index contributed by atoms with van der Waals surface area (Å²) in [5.74, 6) is -0.267. The minimum absolute atomic E-state index is 0.267. The Balaban J connectivity index is 1.87. The SMILES string of the molecule is CC1(c2ccccc2)C(=O)NC(=O)N1CCc1ccccc1. The second-order valence-corrected chi connectivity index (χ2v) is 5.58. The van der Waals surface area contributed by atoms with Crippen molar-refractivity contribution in [2.75, 3.05) is 6.54 Å². The van der Waals surface area contributed by atoms with Crippen molar-refractivity contribution < 1.29 is 9.59 Å². The number of nitrogens with one attached hydrogen (secondary N) is 1. The lowest BCUT2D eigenvalue weighted by atomic mass is 9.90. The van der Waals surface area contributed by atoms with E-state index in [1.54, 1.807) is 11.8 Å². The van der Waals surface area contributed by atoms with Crippen molar-refractivity contribution >= 4 is 11.9 Å². The van der Waals surface area contributed by atoms with Crippen LogP contribution in [0.5, 0.6) is 0 Å². The van der Waals surface area contributed by atoms with Crippen LogP contribution < -0.4 is 5.32 Å². The number of hydrogen-bond acceptors (Lipinski definition) is 2. The van der Waals surface area contributed by atoms with E-state index in [-0.39, 0.29) is 11.9 Å². The fraction of sp³-hybridized carbons (Fsp3) is 0.222. The third kappa shape index (κ3) is 2.37. The molecule has 0 radical (unpaired) electrons. The molecule has 4 nitrogen and oxygen atoms in total. The number of urea groups is 1. The van der Waals surface area contributed by atoms with Gasteiger partial charge in [0.2, 0.25) is 0 Å². The Labute approximate surface area is 129 Å². The standard InChI is InChI=1S/C18H18N2O2/c1-18(15-10-6-3-7-11-15)16(21)19-17(22)20(18)13-12-14-8-4-2-5-9-14/h2-11H,12-13H2,1H3,(H,19,21,22). The molecule has 0 bridgehead atoms. The van der Waals surface area contributed by atoms with Gasteiger partial charge in [0.25, 0.3) is 5.91 Å². The number of carbonyl (C=O) groups is 2. The van der Waals surface area contributed by atoms with Gasteiger partial charge in [-0.25, -0.2) is 4.79 Å². The molecule has 0 aromatic heterocycles. The van der Waals surface area contributed by atoms with Crippen LogP contribution in [-0.2, 0) is 16.8 Å². The molecule has 3 amide bonds. The predicted molar refractivity (Wildman–Crippen MR) is 84.2 cm³/mol. The molecule has 1 fully saturated rings. The topological polar surface area (TPSA) is 49.4 Å². The highest BCUT2D eigenvalue weighted by molar-refractivity contribution is 6.07. The zero-order chi connectivity index (χ0) is 15.6. The van der Waals surface area contributed by atoms with Crippen LogP contribution in [0.3, 0.4) is 0 Å². The maximum Gasteiger partial charge on any atom is 0.325 e. The summed E-state index contributed by atoms with van der Waals surface area (Å²) in [7, 11) is 0. The fourth-order valence-corrected chi connectivity index (χ4v) is 2.87. The number of carbonyl (C=O) groups excluding carboxylic acids is 2. The summed E-state index contributed by atoms with van der Waals surface area (Å²) in [6.45, 7) is 2.29. The van der Waals surface area contributed by atoms with E-state index in [1.165, 1.54) is 0 Å². The first-order chi connectivity index (χ1) is 10.6. The highest BCUT2D eigenvalue weighted by Gasteiger charge is 2.50. The third-order valence-electron chi connectivity index (χ3n) is 4.25. The first-order valence-corrected chi connectivity index (χ1v) is 7.35. The highest BCUT2D eigenvalue weighted by Crippen LogP contribution is 2.32. The van der Waals surface area contributed by atoms with E-state index < -0.39 is 5.54 Å². The maximum atomic E-state index is 12.4. The molecule has 1 aliphatic rings. The Morgan fingerprint density at radius 3 is 2.18 bits per heavy atom. The van der Waals surface area contributed by atoms with Crippen LogP contribution in [0.2, 0.25) is 0 Å². The first-order valence-electron chi connectivity index (χ1n) is 7.35. The zero-order valence-corrected chi connectivity index (χ0v) is 12.5. The van der Waals surface area contributed by atoms with Crippen molar-refractivity contribution in [2.24, 2.45) is 0 Å². The van der Waals surface area contributed by atoms with Gasteiger partial charge in [-0.15, -0.1) is 0 Å². The van der Waals surface area contributed by atoms with Crippen molar-refractivity contribution in [1.29, 1.82) is 0 Å². The van der Waals surface area contributed by atoms with Crippen molar-refractivity contribution in [3.63, 3.8) is 0 Å². The number of rotatable bonds is 4. The van der Waals surface area contributed by atoms with E-state index in [4.69, 9.17) is 0 Å². The van der Waals surface area contributed by atoms with Crippen LogP contribution in [0.4, 0.5) is 4.79 Å². The molecule has 4 heteroatoms. The van der Waals surface area contributed by atoms with E-state index in [9.17, 15) is 9.59 Å². The van der Waals surface area contributed by atoms with E-state index >= 15 is 0 Å². The fourth-order valence-electron chi connectivity index (χ4n) is 2.87. The van der Waals surface area contributed by atoms with E-state index in [0.29, 0.717) is 13.0 Å². The number of imide groups is 1. The second kappa shape index (κ2) is 5.64. The molecule has 1 heterocycles. The van der Waals surface area contributed by atoms with Crippen LogP contribution in [-0.4, -0.2) is 23.4 Å². The molecular formula is C18H18N2O2. The highest BCUT2D eigenvalue weighted by atomic mass is 16.2. The smallest absolute Gasteiger partial charge is 0.306 e. The van der Waals surface area contributed by atoms with Crippen LogP contribution in [0, 0.1) is 0 Å². The summed E-state index contributed by atoms with van der Waals surface area (Å²) in [5, 5.41) is 2.44. The molecular weight excluding hydrogens is 276 g/mol. The van der Waals surface area contributed by atoms with Crippen molar-refractivity contribution in [3.05, 3.63) is 71.8 Å². The summed E-state index contributed by atoms with van der Waals surface area (Å²) in [4.78, 5) is 26.2. The normalized spacial score (nSPS) is 21.0. The van der Waals surface area contributed by atoms with Gasteiger partial charge in [0.1, 0.15) is 5.54 Å². The summed E-state index contributed by atoms with van der Waals surface area (Å²) in [6.07, 6.45) is 0.712. The van der Waals surface area contributed by atoms with Crippen molar-refractivity contribution in [1.82, 2.24) is 10.2 Å². The lowest BCUT2D eigenvalue weighted by Gasteiger charge is -2.32. The molecule has 112 valence electrons. The first kappa shape index (κ1) is 14.3. The second-order valence-electron chi connectivity index (χ2n) is 5.58. The predicted octanol–water partition coefficient (Wildman–Crippen LogP) is 2.70. The van der Waals surface area contributed by atoms with E-state index in [0.717, 1.165) is 11.1 Å². The van der Waals surface area contributed by atoms with Crippen LogP contribution in [0.15, 0.2) is 60.7 Å². The molecule has 1 atom stereocenters. The molecule has 0 saturated carbocycles. The van der Waals surface area contributed by atoms with Gasteiger partial charge in [-0.3, -0.25) is 10.1 Å². The van der Waals surface area contributed by atoms with Gasteiger partial charge in [0, 0.05) is 6.54 Å². The lowest BCUT2D eigenvalue weighted by molar-refractivity contribution is -0.126. The molecule has 0 aliphatic carbocycles. The van der Waals surface area contributed by atoms with Gasteiger partial charge in [0.05, 0.1) is 0 Å². The van der Waals surface area contributed by atoms with Gasteiger partial charge in [-0.1, -0.05) is 60.7 Å². The average Bonchev–Trinajstić information content (AvgIpc) is 2.78. The van der Waals surface area contributed by atoms with Crippen LogP contribution >= 0.6 is 0 Å². The number of benzene rings is 2. The van der Waals surface area contributed by atoms with Crippen LogP contribution in [0.25, 0.3) is 0 Å². The van der Waals surface area contributed by atoms with Gasteiger partial charge < -0.3 is 4.90 Å². The Bertz CT molecular complexity index is 685. The molecule has 1 unspecified atom stereocenters. The molecule has 22 heavy (non-hydrogen) atoms. The zero-order valence-electron chi connectivity index (χ0n) is 12.5. The molecule has 2 aromatic rings. The number of nitrogens with zero attached hydrogens (tertiary/aromatic N) is 1. The Kier molecular flexibility index (Phi) is 3.67. The average molecular weight is 294 g/mol. The summed E-state index contributed by atoms with van der Waals surface area (Å²) in [5.41, 5.74) is 1.02. The Morgan fingerprint density at radius 2 is 1.55 bits per heavy atom. The molecule has 1 aliphatic heterocycles. The Morgan fingerprint density at radius 1 is 0.955 bits per heavy atom. The summed E-state index contributed by atoms with van der Waals surface area (Å²) in [6, 6.07) is 19.1. The molecule has 3 rings (SSSR count). The van der Waals surface area contributed by atoms with Crippen LogP contribution in [0.1, 0.15) is 18.1 Å². The molecule has 1 N–H and O–H groups in total. The molecule has 1 saturated heterocycles. The maximum absolute atomic E-state index is 12.4. The largest absolute Gasteiger partial charge is 0.325 e. The summed E-state index contributed by atoms with van der Waals surface area (Å²) >= 11 is 0. The number of hydrogen-bond donors (Lipinski definition) is 1. The van der Waals surface area contributed by atoms with Crippen molar-refractivity contribution in [3.8, 4) is 0 Å². The third-order valence-corrected chi connectivity index (χ3v) is 4.25. The monoisotopic (exact) mass is 294 g/mol. The van der Waals surface area contributed by atoms with Gasteiger partial charge in [-0.2, -0.15) is 0 Å². The van der Waals surface area contributed by atoms with Gasteiger partial charge in [-0.05, 0) is 24.5 Å². The lowest BCUT2D eigenvalue weighted by Crippen LogP contribution is -2.45. The molecule has 0 spiro atoms. The number of amides is 3.